The number of halogens is 4. The molecule has 0 aromatic carbocycles. The maximum absolute atomic E-state index is 6.40. The van der Waals surface area contributed by atoms with Crippen molar-refractivity contribution in [1.29, 1.82) is 0 Å². The SMILES string of the molecule is Clc1cc(C(Cl)c2sccc2I)sc1Br. The molecule has 15 heavy (non-hydrogen) atoms. The van der Waals surface area contributed by atoms with Gasteiger partial charge in [0.1, 0.15) is 5.38 Å². The van der Waals surface area contributed by atoms with E-state index in [0.717, 1.165) is 13.7 Å². The highest BCUT2D eigenvalue weighted by Crippen LogP contribution is 2.42. The molecule has 0 fully saturated rings. The van der Waals surface area contributed by atoms with Crippen LogP contribution in [0.1, 0.15) is 15.1 Å². The standard InChI is InChI=1S/C9H4BrCl2IS2/c10-9-4(11)3-6(15-9)7(12)8-5(13)1-2-14-8/h1-3,7H. The van der Waals surface area contributed by atoms with Crippen LogP contribution >= 0.6 is 84.4 Å². The molecule has 0 aliphatic carbocycles. The van der Waals surface area contributed by atoms with Crippen LogP contribution in [0.4, 0.5) is 0 Å². The van der Waals surface area contributed by atoms with E-state index in [1.165, 1.54) is 8.45 Å². The Morgan fingerprint density at radius 1 is 1.47 bits per heavy atom. The fourth-order valence-electron chi connectivity index (χ4n) is 1.10. The summed E-state index contributed by atoms with van der Waals surface area (Å²) < 4.78 is 2.15. The summed E-state index contributed by atoms with van der Waals surface area (Å²) in [7, 11) is 0. The van der Waals surface area contributed by atoms with Crippen molar-refractivity contribution in [2.45, 2.75) is 5.38 Å². The maximum Gasteiger partial charge on any atom is 0.103 e. The first kappa shape index (κ1) is 12.6. The Bertz CT molecular complexity index is 461. The molecule has 6 heteroatoms. The number of hydrogen-bond acceptors (Lipinski definition) is 2. The van der Waals surface area contributed by atoms with Crippen molar-refractivity contribution >= 4 is 84.4 Å². The lowest BCUT2D eigenvalue weighted by atomic mass is 10.3. The van der Waals surface area contributed by atoms with Crippen molar-refractivity contribution in [2.75, 3.05) is 0 Å². The van der Waals surface area contributed by atoms with Crippen molar-refractivity contribution < 1.29 is 0 Å². The van der Waals surface area contributed by atoms with E-state index in [1.807, 2.05) is 6.07 Å². The van der Waals surface area contributed by atoms with Crippen molar-refractivity contribution in [3.63, 3.8) is 0 Å². The minimum atomic E-state index is -0.0919. The largest absolute Gasteiger partial charge is 0.146 e. The summed E-state index contributed by atoms with van der Waals surface area (Å²) in [5.41, 5.74) is 0. The van der Waals surface area contributed by atoms with Crippen LogP contribution in [0.25, 0.3) is 0 Å². The first-order valence-electron chi connectivity index (χ1n) is 3.91. The Hall–Kier alpha value is 1.19. The molecule has 0 spiro atoms. The van der Waals surface area contributed by atoms with E-state index < -0.39 is 0 Å². The third-order valence-corrected chi connectivity index (χ3v) is 7.33. The van der Waals surface area contributed by atoms with Gasteiger partial charge in [-0.05, 0) is 56.0 Å². The van der Waals surface area contributed by atoms with Gasteiger partial charge in [0.15, 0.2) is 0 Å². The van der Waals surface area contributed by atoms with E-state index in [4.69, 9.17) is 23.2 Å². The molecule has 2 aromatic heterocycles. The van der Waals surface area contributed by atoms with Gasteiger partial charge in [-0.2, -0.15) is 0 Å². The Balaban J connectivity index is 2.36. The molecule has 0 aliphatic heterocycles. The summed E-state index contributed by atoms with van der Waals surface area (Å²) in [6.45, 7) is 0. The van der Waals surface area contributed by atoms with Crippen LogP contribution in [-0.4, -0.2) is 0 Å². The zero-order chi connectivity index (χ0) is 11.0. The van der Waals surface area contributed by atoms with Gasteiger partial charge in [-0.25, -0.2) is 0 Å². The first-order valence-corrected chi connectivity index (χ1v) is 8.29. The molecule has 0 radical (unpaired) electrons. The fourth-order valence-corrected chi connectivity index (χ4v) is 5.46. The predicted molar refractivity (Wildman–Crippen MR) is 81.8 cm³/mol. The number of hydrogen-bond donors (Lipinski definition) is 0. The third-order valence-electron chi connectivity index (χ3n) is 1.79. The number of thiophene rings is 2. The van der Waals surface area contributed by atoms with Crippen LogP contribution in [-0.2, 0) is 0 Å². The van der Waals surface area contributed by atoms with E-state index >= 15 is 0 Å². The maximum atomic E-state index is 6.40. The fraction of sp³-hybridized carbons (Fsp3) is 0.111. The molecular formula is C9H4BrCl2IS2. The summed E-state index contributed by atoms with van der Waals surface area (Å²) in [4.78, 5) is 2.26. The van der Waals surface area contributed by atoms with Gasteiger partial charge >= 0.3 is 0 Å². The van der Waals surface area contributed by atoms with E-state index in [-0.39, 0.29) is 5.38 Å². The topological polar surface area (TPSA) is 0 Å². The minimum absolute atomic E-state index is 0.0919. The van der Waals surface area contributed by atoms with E-state index in [9.17, 15) is 0 Å². The quantitative estimate of drug-likeness (QED) is 0.377. The molecule has 0 bridgehead atoms. The Morgan fingerprint density at radius 3 is 2.67 bits per heavy atom. The van der Waals surface area contributed by atoms with E-state index in [1.54, 1.807) is 22.7 Å². The predicted octanol–water partition coefficient (Wildman–Crippen LogP) is 6.16. The summed E-state index contributed by atoms with van der Waals surface area (Å²) in [6.07, 6.45) is 0. The van der Waals surface area contributed by atoms with Crippen LogP contribution in [0.2, 0.25) is 5.02 Å². The highest BCUT2D eigenvalue weighted by Gasteiger charge is 2.18. The monoisotopic (exact) mass is 452 g/mol. The van der Waals surface area contributed by atoms with Crippen molar-refractivity contribution in [2.24, 2.45) is 0 Å². The van der Waals surface area contributed by atoms with E-state index in [0.29, 0.717) is 0 Å². The van der Waals surface area contributed by atoms with E-state index in [2.05, 4.69) is 50.0 Å². The molecule has 2 rings (SSSR count). The Labute approximate surface area is 128 Å². The van der Waals surface area contributed by atoms with Crippen LogP contribution in [0.15, 0.2) is 21.3 Å². The Kier molecular flexibility index (Phi) is 4.41. The molecule has 0 nitrogen and oxygen atoms in total. The normalized spacial score (nSPS) is 13.1. The van der Waals surface area contributed by atoms with Crippen molar-refractivity contribution in [1.82, 2.24) is 0 Å². The van der Waals surface area contributed by atoms with Crippen molar-refractivity contribution in [3.8, 4) is 0 Å². The van der Waals surface area contributed by atoms with Gasteiger partial charge in [-0.15, -0.1) is 34.3 Å². The molecule has 0 saturated carbocycles. The second-order valence-electron chi connectivity index (χ2n) is 2.77. The van der Waals surface area contributed by atoms with Crippen LogP contribution in [0, 0.1) is 3.57 Å². The van der Waals surface area contributed by atoms with Crippen LogP contribution in [0.5, 0.6) is 0 Å². The van der Waals surface area contributed by atoms with Gasteiger partial charge in [-0.1, -0.05) is 11.6 Å². The highest BCUT2D eigenvalue weighted by molar-refractivity contribution is 14.1. The van der Waals surface area contributed by atoms with Gasteiger partial charge < -0.3 is 0 Å². The molecular weight excluding hydrogens is 450 g/mol. The summed E-state index contributed by atoms with van der Waals surface area (Å²) in [5, 5.41) is 2.69. The lowest BCUT2D eigenvalue weighted by Gasteiger charge is -2.04. The molecule has 80 valence electrons. The zero-order valence-electron chi connectivity index (χ0n) is 7.14. The lowest BCUT2D eigenvalue weighted by Crippen LogP contribution is -1.87. The van der Waals surface area contributed by atoms with Crippen molar-refractivity contribution in [3.05, 3.63) is 39.6 Å². The summed E-state index contributed by atoms with van der Waals surface area (Å²) in [5.74, 6) is 0. The number of rotatable bonds is 2. The molecule has 0 amide bonds. The smallest absolute Gasteiger partial charge is 0.103 e. The molecule has 1 atom stereocenters. The molecule has 2 aromatic rings. The average molecular weight is 454 g/mol. The first-order chi connectivity index (χ1) is 7.09. The Morgan fingerprint density at radius 2 is 2.20 bits per heavy atom. The van der Waals surface area contributed by atoms with Gasteiger partial charge in [0.2, 0.25) is 0 Å². The average Bonchev–Trinajstić information content (AvgIpc) is 2.74. The molecule has 2 heterocycles. The van der Waals surface area contributed by atoms with Crippen LogP contribution < -0.4 is 0 Å². The van der Waals surface area contributed by atoms with Gasteiger partial charge in [-0.3, -0.25) is 0 Å². The molecule has 0 aliphatic rings. The summed E-state index contributed by atoms with van der Waals surface area (Å²) in [6, 6.07) is 3.99. The van der Waals surface area contributed by atoms with Gasteiger partial charge in [0, 0.05) is 13.3 Å². The second-order valence-corrected chi connectivity index (χ2v) is 8.12. The zero-order valence-corrected chi connectivity index (χ0v) is 14.0. The molecule has 0 saturated heterocycles. The minimum Gasteiger partial charge on any atom is -0.146 e. The molecule has 0 N–H and O–H groups in total. The summed E-state index contributed by atoms with van der Waals surface area (Å²) >= 11 is 21.3. The van der Waals surface area contributed by atoms with Crippen LogP contribution in [0.3, 0.4) is 0 Å². The number of alkyl halides is 1. The van der Waals surface area contributed by atoms with Gasteiger partial charge in [0.25, 0.3) is 0 Å². The molecule has 1 unspecified atom stereocenters. The highest BCUT2D eigenvalue weighted by atomic mass is 127. The third kappa shape index (κ3) is 2.72. The van der Waals surface area contributed by atoms with Gasteiger partial charge in [0.05, 0.1) is 8.81 Å². The second kappa shape index (κ2) is 5.23. The lowest BCUT2D eigenvalue weighted by molar-refractivity contribution is 1.23.